The molecule has 66 heavy (non-hydrogen) atoms. The Morgan fingerprint density at radius 1 is 0.500 bits per heavy atom. The Labute approximate surface area is 401 Å². The predicted octanol–water partition coefficient (Wildman–Crippen LogP) is 14.2. The second-order valence-corrected chi connectivity index (χ2v) is 18.5. The van der Waals surface area contributed by atoms with E-state index in [4.69, 9.17) is 13.8 Å². The highest BCUT2D eigenvalue weighted by Crippen LogP contribution is 2.43. The third kappa shape index (κ3) is 47.2. The highest BCUT2D eigenvalue weighted by Gasteiger charge is 2.28. The number of esters is 1. The summed E-state index contributed by atoms with van der Waals surface area (Å²) >= 11 is 0. The number of aliphatic hydroxyl groups excluding tert-OH is 1. The lowest BCUT2D eigenvalue weighted by Crippen LogP contribution is -2.43. The van der Waals surface area contributed by atoms with Crippen molar-refractivity contribution in [1.82, 2.24) is 5.32 Å². The molecule has 0 fully saturated rings. The molecule has 0 spiro atoms. The van der Waals surface area contributed by atoms with Gasteiger partial charge in [0.15, 0.2) is 6.04 Å². The van der Waals surface area contributed by atoms with Gasteiger partial charge in [0.1, 0.15) is 12.7 Å². The molecule has 0 bridgehead atoms. The predicted molar refractivity (Wildman–Crippen MR) is 272 cm³/mol. The van der Waals surface area contributed by atoms with Gasteiger partial charge in [-0.3, -0.25) is 18.6 Å². The molecule has 0 aliphatic rings. The average Bonchev–Trinajstić information content (AvgIpc) is 3.29. The van der Waals surface area contributed by atoms with Crippen LogP contribution in [0.3, 0.4) is 0 Å². The van der Waals surface area contributed by atoms with Crippen molar-refractivity contribution in [3.8, 4) is 0 Å². The highest BCUT2D eigenvalue weighted by molar-refractivity contribution is 7.47. The van der Waals surface area contributed by atoms with E-state index in [-0.39, 0.29) is 12.8 Å². The third-order valence-electron chi connectivity index (χ3n) is 10.7. The molecule has 378 valence electrons. The van der Waals surface area contributed by atoms with Crippen LogP contribution < -0.4 is 5.32 Å². The fourth-order valence-electron chi connectivity index (χ4n) is 6.81. The van der Waals surface area contributed by atoms with Gasteiger partial charge in [0, 0.05) is 6.42 Å². The number of phosphoric ester groups is 1. The molecule has 0 aromatic carbocycles. The summed E-state index contributed by atoms with van der Waals surface area (Å²) in [4.78, 5) is 46.1. The van der Waals surface area contributed by atoms with Gasteiger partial charge >= 0.3 is 19.8 Å². The number of unbranched alkanes of at least 4 members (excludes halogenated alkanes) is 20. The Morgan fingerprint density at radius 3 is 1.23 bits per heavy atom. The number of carbonyl (C=O) groups excluding carboxylic acids is 2. The first-order chi connectivity index (χ1) is 32.1. The van der Waals surface area contributed by atoms with Crippen molar-refractivity contribution in [2.24, 2.45) is 0 Å². The van der Waals surface area contributed by atoms with Crippen molar-refractivity contribution in [1.29, 1.82) is 0 Å². The van der Waals surface area contributed by atoms with Crippen LogP contribution in [-0.2, 0) is 32.7 Å². The molecule has 0 saturated heterocycles. The largest absolute Gasteiger partial charge is 0.480 e. The zero-order chi connectivity index (χ0) is 48.4. The Hall–Kier alpha value is -3.34. The van der Waals surface area contributed by atoms with Crippen LogP contribution in [0.15, 0.2) is 85.1 Å². The van der Waals surface area contributed by atoms with Crippen molar-refractivity contribution in [3.63, 3.8) is 0 Å². The molecule has 0 rings (SSSR count). The highest BCUT2D eigenvalue weighted by atomic mass is 31.2. The van der Waals surface area contributed by atoms with Gasteiger partial charge in [-0.2, -0.15) is 0 Å². The molecule has 1 amide bonds. The van der Waals surface area contributed by atoms with E-state index in [1.165, 1.54) is 109 Å². The van der Waals surface area contributed by atoms with E-state index in [1.807, 2.05) is 18.2 Å². The maximum absolute atomic E-state index is 12.4. The molecule has 3 atom stereocenters. The normalized spacial score (nSPS) is 14.2. The number of nitrogens with one attached hydrogen (secondary N) is 1. The van der Waals surface area contributed by atoms with Crippen molar-refractivity contribution in [3.05, 3.63) is 85.1 Å². The molecular formula is C54H92NO10P. The first kappa shape index (κ1) is 62.7. The first-order valence-electron chi connectivity index (χ1n) is 25.6. The number of carboxylic acid groups (broad SMARTS) is 1. The van der Waals surface area contributed by atoms with E-state index in [9.17, 15) is 34.1 Å². The molecule has 0 aromatic heterocycles. The number of carboxylic acids is 1. The van der Waals surface area contributed by atoms with Crippen molar-refractivity contribution in [2.45, 2.75) is 219 Å². The van der Waals surface area contributed by atoms with Crippen LogP contribution in [-0.4, -0.2) is 64.9 Å². The minimum absolute atomic E-state index is 0.0142. The summed E-state index contributed by atoms with van der Waals surface area (Å²) in [6, 6.07) is -1.56. The van der Waals surface area contributed by atoms with Crippen LogP contribution in [0.5, 0.6) is 0 Å². The number of carbonyl (C=O) groups is 3. The fraction of sp³-hybridized carbons (Fsp3) is 0.685. The van der Waals surface area contributed by atoms with Gasteiger partial charge in [0.25, 0.3) is 0 Å². The van der Waals surface area contributed by atoms with Gasteiger partial charge in [-0.25, -0.2) is 9.36 Å². The molecule has 11 nitrogen and oxygen atoms in total. The number of rotatable bonds is 47. The second kappa shape index (κ2) is 48.1. The molecule has 12 heteroatoms. The zero-order valence-electron chi connectivity index (χ0n) is 41.2. The Bertz CT molecular complexity index is 1440. The summed E-state index contributed by atoms with van der Waals surface area (Å²) < 4.78 is 26.8. The van der Waals surface area contributed by atoms with Crippen LogP contribution >= 0.6 is 7.82 Å². The van der Waals surface area contributed by atoms with Gasteiger partial charge in [-0.05, 0) is 51.4 Å². The van der Waals surface area contributed by atoms with Gasteiger partial charge in [0.05, 0.1) is 19.6 Å². The maximum atomic E-state index is 12.4. The van der Waals surface area contributed by atoms with E-state index >= 15 is 0 Å². The summed E-state index contributed by atoms with van der Waals surface area (Å²) in [5, 5.41) is 21.9. The Balaban J connectivity index is 3.94. The SMILES string of the molecule is CC/C=C\C/C=C\C/C=C\C/C=C\C/C=C\C/C=C\C/C=C\CC(=O)OCC(O)COP(=O)(O)OCC(NC(=O)CCCCCCCCCCCCCCCCCCCCCCC)C(=O)O. The van der Waals surface area contributed by atoms with Crippen LogP contribution in [0.4, 0.5) is 0 Å². The molecule has 0 aliphatic heterocycles. The van der Waals surface area contributed by atoms with E-state index < -0.39 is 57.6 Å². The quantitative estimate of drug-likeness (QED) is 0.0199. The molecular weight excluding hydrogens is 854 g/mol. The zero-order valence-corrected chi connectivity index (χ0v) is 42.1. The molecule has 0 saturated carbocycles. The van der Waals surface area contributed by atoms with Crippen molar-refractivity contribution >= 4 is 25.7 Å². The number of hydrogen-bond acceptors (Lipinski definition) is 8. The number of aliphatic hydroxyl groups is 1. The minimum atomic E-state index is -4.79. The van der Waals surface area contributed by atoms with Crippen LogP contribution in [0.2, 0.25) is 0 Å². The molecule has 0 aromatic rings. The smallest absolute Gasteiger partial charge is 0.472 e. The second-order valence-electron chi connectivity index (χ2n) is 17.0. The van der Waals surface area contributed by atoms with Crippen molar-refractivity contribution in [2.75, 3.05) is 19.8 Å². The minimum Gasteiger partial charge on any atom is -0.480 e. The monoisotopic (exact) mass is 946 g/mol. The molecule has 4 N–H and O–H groups in total. The summed E-state index contributed by atoms with van der Waals surface area (Å²) in [6.07, 6.45) is 60.6. The van der Waals surface area contributed by atoms with Gasteiger partial charge in [0.2, 0.25) is 5.91 Å². The van der Waals surface area contributed by atoms with Gasteiger partial charge in [-0.15, -0.1) is 0 Å². The summed E-state index contributed by atoms with van der Waals surface area (Å²) in [7, 11) is -4.79. The lowest BCUT2D eigenvalue weighted by atomic mass is 10.0. The summed E-state index contributed by atoms with van der Waals surface area (Å²) in [5.74, 6) is -2.51. The topological polar surface area (TPSA) is 169 Å². The number of phosphoric acid groups is 1. The van der Waals surface area contributed by atoms with E-state index in [0.717, 1.165) is 57.8 Å². The number of amides is 1. The van der Waals surface area contributed by atoms with Crippen LogP contribution in [0, 0.1) is 0 Å². The molecule has 0 heterocycles. The molecule has 0 radical (unpaired) electrons. The van der Waals surface area contributed by atoms with E-state index in [2.05, 4.69) is 79.9 Å². The fourth-order valence-corrected chi connectivity index (χ4v) is 7.59. The molecule has 0 aliphatic carbocycles. The van der Waals surface area contributed by atoms with Crippen LogP contribution in [0.25, 0.3) is 0 Å². The standard InChI is InChI=1S/C54H92NO10P/c1-3-5-7-9-11-13-15-17-19-21-23-25-27-29-31-33-35-37-39-41-43-45-52(57)55-51(54(59)60)49-65-66(61,62)64-48-50(56)47-63-53(58)46-44-42-40-38-36-34-32-30-28-26-24-22-20-18-16-14-12-10-8-6-4-2/h6,8,12,14,18,20,24,26,30,32,36,38,42,44,50-51,56H,3-5,7,9-11,13,15-17,19,21-23,25,27-29,31,33-35,37,39-41,43,45-49H2,1-2H3,(H,55,57)(H,59,60)(H,61,62)/b8-6-,14-12-,20-18-,26-24-,32-30-,38-36-,44-42-. The third-order valence-corrected chi connectivity index (χ3v) is 11.7. The number of ether oxygens (including phenoxy) is 1. The Morgan fingerprint density at radius 2 is 0.848 bits per heavy atom. The van der Waals surface area contributed by atoms with Gasteiger partial charge in [-0.1, -0.05) is 227 Å². The summed E-state index contributed by atoms with van der Waals surface area (Å²) in [5.41, 5.74) is 0. The number of aliphatic carboxylic acids is 1. The lowest BCUT2D eigenvalue weighted by Gasteiger charge is -2.18. The van der Waals surface area contributed by atoms with E-state index in [1.54, 1.807) is 6.08 Å². The maximum Gasteiger partial charge on any atom is 0.472 e. The summed E-state index contributed by atoms with van der Waals surface area (Å²) in [6.45, 7) is 2.40. The first-order valence-corrected chi connectivity index (χ1v) is 27.1. The van der Waals surface area contributed by atoms with Crippen molar-refractivity contribution < 1.29 is 47.8 Å². The van der Waals surface area contributed by atoms with Gasteiger partial charge < -0.3 is 25.2 Å². The Kier molecular flexibility index (Phi) is 45.7. The average molecular weight is 946 g/mol. The van der Waals surface area contributed by atoms with Crippen LogP contribution in [0.1, 0.15) is 206 Å². The lowest BCUT2D eigenvalue weighted by molar-refractivity contribution is -0.146. The molecule has 3 unspecified atom stereocenters. The number of hydrogen-bond donors (Lipinski definition) is 4. The number of allylic oxidation sites excluding steroid dienone is 13. The van der Waals surface area contributed by atoms with E-state index in [0.29, 0.717) is 12.8 Å².